The Balaban J connectivity index is 2.03. The Morgan fingerprint density at radius 1 is 1.19 bits per heavy atom. The summed E-state index contributed by atoms with van der Waals surface area (Å²) in [4.78, 5) is 13.7. The van der Waals surface area contributed by atoms with Gasteiger partial charge in [0.2, 0.25) is 5.91 Å². The molecular formula is C19H20F2N2O2S. The zero-order chi connectivity index (χ0) is 18.5. The van der Waals surface area contributed by atoms with Gasteiger partial charge >= 0.3 is 6.61 Å². The van der Waals surface area contributed by atoms with Gasteiger partial charge in [0.15, 0.2) is 0 Å². The number of para-hydroxylation sites is 1. The van der Waals surface area contributed by atoms with Crippen molar-refractivity contribution >= 4 is 29.2 Å². The number of rotatable bonds is 6. The smallest absolute Gasteiger partial charge is 0.387 e. The molecule has 3 rings (SSSR count). The van der Waals surface area contributed by atoms with Crippen LogP contribution in [0.2, 0.25) is 0 Å². The lowest BCUT2D eigenvalue weighted by Crippen LogP contribution is -2.35. The Labute approximate surface area is 155 Å². The van der Waals surface area contributed by atoms with Gasteiger partial charge in [0.05, 0.1) is 11.4 Å². The van der Waals surface area contributed by atoms with Crippen LogP contribution in [0.4, 0.5) is 20.2 Å². The average Bonchev–Trinajstić information content (AvgIpc) is 2.63. The van der Waals surface area contributed by atoms with Crippen molar-refractivity contribution in [2.45, 2.75) is 25.9 Å². The fourth-order valence-electron chi connectivity index (χ4n) is 3.09. The Morgan fingerprint density at radius 3 is 2.73 bits per heavy atom. The van der Waals surface area contributed by atoms with Crippen LogP contribution >= 0.6 is 11.9 Å². The maximum atomic E-state index is 13.0. The molecular weight excluding hydrogens is 358 g/mol. The Bertz CT molecular complexity index is 786. The Morgan fingerprint density at radius 2 is 2.00 bits per heavy atom. The monoisotopic (exact) mass is 378 g/mol. The molecule has 0 atom stereocenters. The number of piperidine rings is 1. The Hall–Kier alpha value is -2.28. The maximum Gasteiger partial charge on any atom is 0.387 e. The van der Waals surface area contributed by atoms with Gasteiger partial charge in [-0.15, -0.1) is 0 Å². The van der Waals surface area contributed by atoms with Crippen molar-refractivity contribution in [1.82, 2.24) is 0 Å². The van der Waals surface area contributed by atoms with E-state index in [2.05, 4.69) is 4.72 Å². The first-order valence-electron chi connectivity index (χ1n) is 8.38. The molecule has 1 amide bonds. The van der Waals surface area contributed by atoms with Gasteiger partial charge in [-0.3, -0.25) is 4.79 Å². The molecule has 0 bridgehead atoms. The lowest BCUT2D eigenvalue weighted by Gasteiger charge is -2.28. The summed E-state index contributed by atoms with van der Waals surface area (Å²) in [7, 11) is 0. The van der Waals surface area contributed by atoms with E-state index in [1.807, 2.05) is 36.6 Å². The van der Waals surface area contributed by atoms with Crippen molar-refractivity contribution in [1.29, 1.82) is 0 Å². The normalized spacial score (nSPS) is 14.6. The minimum absolute atomic E-state index is 0.0201. The van der Waals surface area contributed by atoms with E-state index < -0.39 is 6.61 Å². The quantitative estimate of drug-likeness (QED) is 0.705. The summed E-state index contributed by atoms with van der Waals surface area (Å²) in [6.07, 6.45) is 4.01. The van der Waals surface area contributed by atoms with Gasteiger partial charge in [-0.2, -0.15) is 8.78 Å². The molecule has 0 unspecified atom stereocenters. The van der Waals surface area contributed by atoms with Gasteiger partial charge in [0.25, 0.3) is 0 Å². The first kappa shape index (κ1) is 18.5. The summed E-state index contributed by atoms with van der Waals surface area (Å²) >= 11 is 1.45. The number of anilines is 2. The molecule has 2 aromatic rings. The molecule has 0 aliphatic carbocycles. The number of nitrogens with one attached hydrogen (secondary N) is 1. The molecule has 138 valence electrons. The van der Waals surface area contributed by atoms with Crippen molar-refractivity contribution in [3.8, 4) is 16.9 Å². The summed E-state index contributed by atoms with van der Waals surface area (Å²) in [6.45, 7) is -2.44. The Kier molecular flexibility index (Phi) is 5.98. The number of alkyl halides is 2. The summed E-state index contributed by atoms with van der Waals surface area (Å²) in [5, 5.41) is 0. The number of carbonyl (C=O) groups excluding carboxylic acids is 1. The maximum absolute atomic E-state index is 13.0. The van der Waals surface area contributed by atoms with Crippen LogP contribution in [0.1, 0.15) is 19.3 Å². The van der Waals surface area contributed by atoms with Crippen molar-refractivity contribution in [3.05, 3.63) is 42.5 Å². The van der Waals surface area contributed by atoms with Crippen LogP contribution in [-0.2, 0) is 4.79 Å². The standard InChI is InChI=1S/C19H20F2N2O2S/c1-26-22-15-7-3-2-6-14(15)13-9-10-16(17(12-13)25-19(20)21)23-11-5-4-8-18(23)24/h2-3,6-7,9-10,12,19,22H,4-5,8,11H2,1H3. The van der Waals surface area contributed by atoms with Crippen LogP contribution in [0.25, 0.3) is 11.1 Å². The summed E-state index contributed by atoms with van der Waals surface area (Å²) in [6, 6.07) is 12.7. The highest BCUT2D eigenvalue weighted by Crippen LogP contribution is 2.38. The van der Waals surface area contributed by atoms with E-state index in [0.29, 0.717) is 18.7 Å². The number of ether oxygens (including phenoxy) is 1. The van der Waals surface area contributed by atoms with E-state index in [4.69, 9.17) is 4.74 Å². The molecule has 0 aromatic heterocycles. The largest absolute Gasteiger partial charge is 0.433 e. The van der Waals surface area contributed by atoms with Crippen LogP contribution in [0.15, 0.2) is 42.5 Å². The predicted molar refractivity (Wildman–Crippen MR) is 102 cm³/mol. The van der Waals surface area contributed by atoms with Gasteiger partial charge in [-0.05, 0) is 36.6 Å². The van der Waals surface area contributed by atoms with E-state index >= 15 is 0 Å². The zero-order valence-corrected chi connectivity index (χ0v) is 15.2. The van der Waals surface area contributed by atoms with E-state index in [1.165, 1.54) is 16.8 Å². The van der Waals surface area contributed by atoms with Gasteiger partial charge < -0.3 is 14.4 Å². The molecule has 1 fully saturated rings. The van der Waals surface area contributed by atoms with Gasteiger partial charge in [-0.25, -0.2) is 0 Å². The minimum Gasteiger partial charge on any atom is -0.433 e. The molecule has 2 aromatic carbocycles. The molecule has 1 heterocycles. The number of amides is 1. The molecule has 0 radical (unpaired) electrons. The first-order chi connectivity index (χ1) is 12.6. The van der Waals surface area contributed by atoms with Gasteiger partial charge in [0.1, 0.15) is 5.75 Å². The number of hydrogen-bond acceptors (Lipinski definition) is 4. The number of hydrogen-bond donors (Lipinski definition) is 1. The number of carbonyl (C=O) groups is 1. The first-order valence-corrected chi connectivity index (χ1v) is 9.60. The SMILES string of the molecule is CSNc1ccccc1-c1ccc(N2CCCCC2=O)c(OC(F)F)c1. The predicted octanol–water partition coefficient (Wildman–Crippen LogP) is 5.16. The second-order valence-corrected chi connectivity index (χ2v) is 6.53. The highest BCUT2D eigenvalue weighted by atomic mass is 32.2. The van der Waals surface area contributed by atoms with Gasteiger partial charge in [0, 0.05) is 24.8 Å². The van der Waals surface area contributed by atoms with E-state index in [0.717, 1.165) is 29.7 Å². The third kappa shape index (κ3) is 4.09. The fraction of sp³-hybridized carbons (Fsp3) is 0.316. The third-order valence-corrected chi connectivity index (χ3v) is 4.66. The summed E-state index contributed by atoms with van der Waals surface area (Å²) < 4.78 is 33.9. The summed E-state index contributed by atoms with van der Waals surface area (Å²) in [5.74, 6) is -0.0423. The molecule has 1 aliphatic heterocycles. The van der Waals surface area contributed by atoms with Crippen molar-refractivity contribution in [2.75, 3.05) is 22.4 Å². The number of benzene rings is 2. The van der Waals surface area contributed by atoms with E-state index in [-0.39, 0.29) is 11.7 Å². The van der Waals surface area contributed by atoms with Crippen LogP contribution in [0.5, 0.6) is 5.75 Å². The molecule has 1 saturated heterocycles. The van der Waals surface area contributed by atoms with E-state index in [9.17, 15) is 13.6 Å². The third-order valence-electron chi connectivity index (χ3n) is 4.24. The zero-order valence-electron chi connectivity index (χ0n) is 14.4. The highest BCUT2D eigenvalue weighted by Gasteiger charge is 2.24. The number of halogens is 2. The van der Waals surface area contributed by atoms with Crippen molar-refractivity contribution < 1.29 is 18.3 Å². The average molecular weight is 378 g/mol. The minimum atomic E-state index is -2.96. The molecule has 1 N–H and O–H groups in total. The molecule has 0 spiro atoms. The lowest BCUT2D eigenvalue weighted by molar-refractivity contribution is -0.119. The molecule has 4 nitrogen and oxygen atoms in total. The van der Waals surface area contributed by atoms with Crippen molar-refractivity contribution in [2.24, 2.45) is 0 Å². The highest BCUT2D eigenvalue weighted by molar-refractivity contribution is 7.99. The van der Waals surface area contributed by atoms with Crippen LogP contribution in [-0.4, -0.2) is 25.3 Å². The van der Waals surface area contributed by atoms with Crippen LogP contribution in [0, 0.1) is 0 Å². The molecule has 1 aliphatic rings. The number of nitrogens with zero attached hydrogens (tertiary/aromatic N) is 1. The summed E-state index contributed by atoms with van der Waals surface area (Å²) in [5.41, 5.74) is 2.89. The van der Waals surface area contributed by atoms with E-state index in [1.54, 1.807) is 12.1 Å². The fourth-order valence-corrected chi connectivity index (χ4v) is 3.49. The topological polar surface area (TPSA) is 41.6 Å². The van der Waals surface area contributed by atoms with Crippen LogP contribution in [0.3, 0.4) is 0 Å². The van der Waals surface area contributed by atoms with Gasteiger partial charge in [-0.1, -0.05) is 36.2 Å². The lowest BCUT2D eigenvalue weighted by atomic mass is 10.0. The molecule has 7 heteroatoms. The molecule has 0 saturated carbocycles. The van der Waals surface area contributed by atoms with Crippen molar-refractivity contribution in [3.63, 3.8) is 0 Å². The molecule has 26 heavy (non-hydrogen) atoms. The second kappa shape index (κ2) is 8.40. The second-order valence-electron chi connectivity index (χ2n) is 5.92. The van der Waals surface area contributed by atoms with Crippen LogP contribution < -0.4 is 14.4 Å².